The lowest BCUT2D eigenvalue weighted by atomic mass is 9.85. The number of carbonyl (C=O) groups excluding carboxylic acids is 4. The van der Waals surface area contributed by atoms with E-state index >= 15 is 0 Å². The van der Waals surface area contributed by atoms with Crippen LogP contribution in [0.5, 0.6) is 11.6 Å². The number of hydrogen-bond donors (Lipinski definition) is 3. The van der Waals surface area contributed by atoms with Crippen molar-refractivity contribution in [3.8, 4) is 11.6 Å². The van der Waals surface area contributed by atoms with Crippen LogP contribution >= 0.6 is 0 Å². The molecule has 3 saturated carbocycles. The molecule has 6 rings (SSSR count). The van der Waals surface area contributed by atoms with Gasteiger partial charge in [0.1, 0.15) is 35.1 Å². The predicted octanol–water partition coefficient (Wildman–Crippen LogP) is 3.73. The fourth-order valence-corrected chi connectivity index (χ4v) is 8.68. The highest BCUT2D eigenvalue weighted by atomic mass is 32.2. The van der Waals surface area contributed by atoms with Crippen LogP contribution in [0, 0.1) is 11.3 Å². The summed E-state index contributed by atoms with van der Waals surface area (Å²) in [5, 5.41) is 6.46. The maximum Gasteiger partial charge on any atom is 0.408 e. The minimum atomic E-state index is -3.89. The van der Waals surface area contributed by atoms with Crippen molar-refractivity contribution in [2.45, 2.75) is 114 Å². The molecule has 15 heteroatoms. The number of rotatable bonds is 12. The quantitative estimate of drug-likeness (QED) is 0.271. The number of nitrogens with zero attached hydrogens (tertiary/aromatic N) is 2. The summed E-state index contributed by atoms with van der Waals surface area (Å²) in [5.74, 6) is -1.60. The summed E-state index contributed by atoms with van der Waals surface area (Å²) in [4.78, 5) is 61.4. The number of alkyl carbamates (subject to hydrolysis) is 1. The number of ether oxygens (including phenoxy) is 3. The smallest absolute Gasteiger partial charge is 0.408 e. The largest absolute Gasteiger partial charge is 0.497 e. The number of nitrogens with one attached hydrogen (secondary N) is 3. The van der Waals surface area contributed by atoms with Gasteiger partial charge in [-0.2, -0.15) is 0 Å². The lowest BCUT2D eigenvalue weighted by molar-refractivity contribution is -0.143. The van der Waals surface area contributed by atoms with Crippen LogP contribution in [0.25, 0.3) is 10.8 Å². The Balaban J connectivity index is 1.27. The molecular formula is C37H49N5O9S. The SMILES string of the molecule is C=CC1C[C@]1(NC(=O)[C@@H]1C[C@@H](Oc2nccc3cc(OC)ccc23)CN1C(=O)[C@@H](NC(=O)OC1(C)CCCC1)C(C)(C)C)C(=O)NS(=O)(=O)C1CC1. The van der Waals surface area contributed by atoms with Crippen LogP contribution in [0.4, 0.5) is 4.79 Å². The van der Waals surface area contributed by atoms with Gasteiger partial charge in [-0.1, -0.05) is 26.8 Å². The number of fused-ring (bicyclic) bond motifs is 1. The minimum Gasteiger partial charge on any atom is -0.497 e. The summed E-state index contributed by atoms with van der Waals surface area (Å²) < 4.78 is 45.1. The maximum absolute atomic E-state index is 14.6. The highest BCUT2D eigenvalue weighted by Gasteiger charge is 2.62. The minimum absolute atomic E-state index is 0.0298. The van der Waals surface area contributed by atoms with E-state index in [4.69, 9.17) is 14.2 Å². The van der Waals surface area contributed by atoms with E-state index in [1.165, 1.54) is 11.0 Å². The van der Waals surface area contributed by atoms with Crippen molar-refractivity contribution >= 4 is 44.6 Å². The van der Waals surface area contributed by atoms with Crippen LogP contribution in [0.2, 0.25) is 0 Å². The van der Waals surface area contributed by atoms with E-state index in [9.17, 15) is 27.6 Å². The summed E-state index contributed by atoms with van der Waals surface area (Å²) in [6.45, 7) is 11.0. The molecule has 282 valence electrons. The zero-order valence-corrected chi connectivity index (χ0v) is 31.2. The highest BCUT2D eigenvalue weighted by Crippen LogP contribution is 2.45. The molecule has 1 aliphatic heterocycles. The number of aromatic nitrogens is 1. The molecule has 0 radical (unpaired) electrons. The summed E-state index contributed by atoms with van der Waals surface area (Å²) in [7, 11) is -2.32. The standard InChI is InChI=1S/C37H49N5O9S/c1-7-23-20-37(23,33(45)41-52(47,48)26-11-12-26)40-30(43)28-19-25(50-31-27-13-10-24(49-6)18-22(27)14-17-38-31)21-42(28)32(44)29(35(2,3)4)39-34(46)51-36(5)15-8-9-16-36/h7,10,13-14,17-18,23,25-26,28-29H,1,8-9,11-12,15-16,19-21H2,2-6H3,(H,39,46)(H,40,43)(H,41,45)/t23?,25-,28+,29-,37-/m1/s1. The van der Waals surface area contributed by atoms with E-state index in [1.54, 1.807) is 40.1 Å². The van der Waals surface area contributed by atoms with E-state index in [-0.39, 0.29) is 19.4 Å². The summed E-state index contributed by atoms with van der Waals surface area (Å²) in [6, 6.07) is 5.02. The fourth-order valence-electron chi connectivity index (χ4n) is 7.31. The van der Waals surface area contributed by atoms with Gasteiger partial charge in [-0.3, -0.25) is 19.1 Å². The van der Waals surface area contributed by atoms with Gasteiger partial charge in [0.2, 0.25) is 27.7 Å². The Bertz CT molecular complexity index is 1870. The van der Waals surface area contributed by atoms with Crippen molar-refractivity contribution in [2.75, 3.05) is 13.7 Å². The Morgan fingerprint density at radius 1 is 1.12 bits per heavy atom. The number of benzene rings is 1. The molecule has 1 saturated heterocycles. The van der Waals surface area contributed by atoms with Crippen LogP contribution in [0.1, 0.15) is 79.1 Å². The molecule has 4 aliphatic rings. The monoisotopic (exact) mass is 739 g/mol. The average molecular weight is 740 g/mol. The number of likely N-dealkylation sites (tertiary alicyclic amines) is 1. The molecule has 4 amide bonds. The molecular weight excluding hydrogens is 691 g/mol. The van der Waals surface area contributed by atoms with Gasteiger partial charge in [0.15, 0.2) is 0 Å². The third-order valence-electron chi connectivity index (χ3n) is 10.7. The van der Waals surface area contributed by atoms with Gasteiger partial charge in [0.25, 0.3) is 5.91 Å². The number of sulfonamides is 1. The molecule has 0 bridgehead atoms. The molecule has 14 nitrogen and oxygen atoms in total. The van der Waals surface area contributed by atoms with Crippen LogP contribution in [0.3, 0.4) is 0 Å². The number of carbonyl (C=O) groups is 4. The van der Waals surface area contributed by atoms with Gasteiger partial charge in [0.05, 0.1) is 18.9 Å². The average Bonchev–Trinajstić information content (AvgIpc) is 3.98. The number of methoxy groups -OCH3 is 1. The molecule has 2 heterocycles. The molecule has 3 N–H and O–H groups in total. The van der Waals surface area contributed by atoms with Crippen molar-refractivity contribution in [1.29, 1.82) is 0 Å². The molecule has 5 atom stereocenters. The summed E-state index contributed by atoms with van der Waals surface area (Å²) >= 11 is 0. The molecule has 4 fully saturated rings. The lowest BCUT2D eigenvalue weighted by Gasteiger charge is -2.36. The second-order valence-corrected chi connectivity index (χ2v) is 17.8. The van der Waals surface area contributed by atoms with Crippen LogP contribution in [-0.4, -0.2) is 90.3 Å². The van der Waals surface area contributed by atoms with Crippen molar-refractivity contribution in [2.24, 2.45) is 11.3 Å². The molecule has 1 aromatic heterocycles. The van der Waals surface area contributed by atoms with Gasteiger partial charge >= 0.3 is 6.09 Å². The summed E-state index contributed by atoms with van der Waals surface area (Å²) in [6.07, 6.45) is 6.09. The van der Waals surface area contributed by atoms with Crippen molar-refractivity contribution < 1.29 is 41.8 Å². The first-order valence-corrected chi connectivity index (χ1v) is 19.4. The van der Waals surface area contributed by atoms with E-state index < -0.39 is 79.7 Å². The molecule has 3 aliphatic carbocycles. The van der Waals surface area contributed by atoms with Crippen LogP contribution in [-0.2, 0) is 29.1 Å². The first kappa shape index (κ1) is 37.4. The zero-order chi connectivity index (χ0) is 37.6. The van der Waals surface area contributed by atoms with Gasteiger partial charge in [-0.15, -0.1) is 6.58 Å². The molecule has 2 aromatic rings. The summed E-state index contributed by atoms with van der Waals surface area (Å²) in [5.41, 5.74) is -2.98. The number of pyridine rings is 1. The first-order valence-electron chi connectivity index (χ1n) is 17.9. The molecule has 0 spiro atoms. The van der Waals surface area contributed by atoms with E-state index in [0.29, 0.717) is 29.9 Å². The van der Waals surface area contributed by atoms with Gasteiger partial charge in [0, 0.05) is 23.9 Å². The third-order valence-corrected chi connectivity index (χ3v) is 12.5. The Morgan fingerprint density at radius 2 is 1.83 bits per heavy atom. The Hall–Kier alpha value is -4.40. The predicted molar refractivity (Wildman–Crippen MR) is 192 cm³/mol. The van der Waals surface area contributed by atoms with Crippen LogP contribution in [0.15, 0.2) is 43.1 Å². The second-order valence-electron chi connectivity index (χ2n) is 15.9. The Morgan fingerprint density at radius 3 is 2.44 bits per heavy atom. The van der Waals surface area contributed by atoms with Gasteiger partial charge in [-0.05, 0) is 86.9 Å². The molecule has 52 heavy (non-hydrogen) atoms. The Labute approximate surface area is 304 Å². The van der Waals surface area contributed by atoms with Gasteiger partial charge < -0.3 is 29.7 Å². The third kappa shape index (κ3) is 7.69. The number of amides is 4. The topological polar surface area (TPSA) is 182 Å². The Kier molecular flexibility index (Phi) is 9.96. The van der Waals surface area contributed by atoms with Crippen molar-refractivity contribution in [3.63, 3.8) is 0 Å². The first-order chi connectivity index (χ1) is 24.5. The molecule has 1 unspecified atom stereocenters. The van der Waals surface area contributed by atoms with Crippen molar-refractivity contribution in [3.05, 3.63) is 43.1 Å². The highest BCUT2D eigenvalue weighted by molar-refractivity contribution is 7.91. The van der Waals surface area contributed by atoms with Crippen LogP contribution < -0.4 is 24.8 Å². The van der Waals surface area contributed by atoms with Crippen molar-refractivity contribution in [1.82, 2.24) is 25.2 Å². The van der Waals surface area contributed by atoms with E-state index in [1.807, 2.05) is 25.1 Å². The lowest BCUT2D eigenvalue weighted by Crippen LogP contribution is -2.60. The second kappa shape index (κ2) is 13.9. The van der Waals surface area contributed by atoms with Gasteiger partial charge in [-0.25, -0.2) is 18.2 Å². The maximum atomic E-state index is 14.6. The fraction of sp³-hybridized carbons (Fsp3) is 0.595. The number of hydrogen-bond acceptors (Lipinski definition) is 10. The normalized spacial score (nSPS) is 25.9. The zero-order valence-electron chi connectivity index (χ0n) is 30.4. The van der Waals surface area contributed by atoms with E-state index in [2.05, 4.69) is 26.9 Å². The van der Waals surface area contributed by atoms with E-state index in [0.717, 1.165) is 31.1 Å². The molecule has 1 aromatic carbocycles.